The van der Waals surface area contributed by atoms with E-state index in [1.807, 2.05) is 26.8 Å². The van der Waals surface area contributed by atoms with Gasteiger partial charge >= 0.3 is 0 Å². The summed E-state index contributed by atoms with van der Waals surface area (Å²) in [6.45, 7) is 9.15. The summed E-state index contributed by atoms with van der Waals surface area (Å²) in [6.07, 6.45) is 5.04. The van der Waals surface area contributed by atoms with Gasteiger partial charge in [0, 0.05) is 23.7 Å². The first-order chi connectivity index (χ1) is 16.1. The van der Waals surface area contributed by atoms with E-state index in [0.29, 0.717) is 34.0 Å². The van der Waals surface area contributed by atoms with Crippen molar-refractivity contribution in [2.45, 2.75) is 83.7 Å². The Bertz CT molecular complexity index is 1330. The Morgan fingerprint density at radius 3 is 2.38 bits per heavy atom. The third kappa shape index (κ3) is 4.46. The van der Waals surface area contributed by atoms with Crippen LogP contribution in [0.4, 0.5) is 0 Å². The van der Waals surface area contributed by atoms with Crippen LogP contribution in [0.2, 0.25) is 0 Å². The van der Waals surface area contributed by atoms with Crippen LogP contribution in [0.25, 0.3) is 16.9 Å². The van der Waals surface area contributed by atoms with E-state index in [1.54, 1.807) is 36.4 Å². The number of benzene rings is 1. The van der Waals surface area contributed by atoms with Crippen molar-refractivity contribution in [3.05, 3.63) is 57.7 Å². The van der Waals surface area contributed by atoms with Gasteiger partial charge in [-0.05, 0) is 65.2 Å². The first kappa shape index (κ1) is 24.3. The lowest BCUT2D eigenvalue weighted by atomic mass is 9.95. The van der Waals surface area contributed by atoms with E-state index in [1.165, 1.54) is 10.7 Å². The van der Waals surface area contributed by atoms with Gasteiger partial charge in [0.2, 0.25) is 10.0 Å². The molecule has 0 atom stereocenters. The highest BCUT2D eigenvalue weighted by Crippen LogP contribution is 2.32. The van der Waals surface area contributed by atoms with E-state index >= 15 is 0 Å². The maximum Gasteiger partial charge on any atom is 0.271 e. The molecule has 1 fully saturated rings. The van der Waals surface area contributed by atoms with Crippen LogP contribution in [0.15, 0.2) is 44.5 Å². The van der Waals surface area contributed by atoms with Crippen molar-refractivity contribution >= 4 is 10.0 Å². The molecule has 0 saturated heterocycles. The normalized spacial score (nSPS) is 15.4. The van der Waals surface area contributed by atoms with Crippen LogP contribution in [0.3, 0.4) is 0 Å². The molecule has 0 radical (unpaired) electrons. The Hall–Kier alpha value is -2.78. The molecule has 1 aromatic carbocycles. The van der Waals surface area contributed by atoms with Crippen LogP contribution in [0, 0.1) is 20.8 Å². The third-order valence-electron chi connectivity index (χ3n) is 6.49. The average Bonchev–Trinajstić information content (AvgIpc) is 3.12. The summed E-state index contributed by atoms with van der Waals surface area (Å²) in [5.41, 5.74) is 2.53. The lowest BCUT2D eigenvalue weighted by Crippen LogP contribution is -2.45. The van der Waals surface area contributed by atoms with E-state index in [-0.39, 0.29) is 22.5 Å². The molecule has 1 aliphatic rings. The number of aromatic nitrogens is 3. The molecular formula is C25H32N4O4S. The molecule has 4 rings (SSSR count). The molecule has 2 heterocycles. The Balaban J connectivity index is 1.80. The molecule has 2 aromatic heterocycles. The largest absolute Gasteiger partial charge is 0.359 e. The highest BCUT2D eigenvalue weighted by atomic mass is 32.2. The molecule has 0 spiro atoms. The summed E-state index contributed by atoms with van der Waals surface area (Å²) >= 11 is 0. The van der Waals surface area contributed by atoms with Gasteiger partial charge in [0.1, 0.15) is 11.4 Å². The molecule has 34 heavy (non-hydrogen) atoms. The van der Waals surface area contributed by atoms with Crippen molar-refractivity contribution in [2.24, 2.45) is 0 Å². The van der Waals surface area contributed by atoms with Crippen molar-refractivity contribution in [3.8, 4) is 16.9 Å². The molecule has 0 amide bonds. The molecule has 182 valence electrons. The lowest BCUT2D eigenvalue weighted by molar-refractivity contribution is 0.220. The van der Waals surface area contributed by atoms with E-state index in [0.717, 1.165) is 32.1 Å². The zero-order chi connectivity index (χ0) is 24.6. The minimum Gasteiger partial charge on any atom is -0.359 e. The van der Waals surface area contributed by atoms with Gasteiger partial charge in [-0.3, -0.25) is 4.79 Å². The average molecular weight is 485 g/mol. The van der Waals surface area contributed by atoms with Gasteiger partial charge in [-0.25, -0.2) is 8.42 Å². The summed E-state index contributed by atoms with van der Waals surface area (Å²) in [6, 6.07) is 8.21. The van der Waals surface area contributed by atoms with Crippen LogP contribution < -0.4 is 5.56 Å². The number of aryl methyl sites for hydroxylation is 3. The van der Waals surface area contributed by atoms with Gasteiger partial charge in [-0.15, -0.1) is 0 Å². The number of rotatable bonds is 6. The molecule has 0 unspecified atom stereocenters. The van der Waals surface area contributed by atoms with Gasteiger partial charge in [0.15, 0.2) is 5.76 Å². The zero-order valence-electron chi connectivity index (χ0n) is 20.4. The number of sulfonamides is 1. The first-order valence-corrected chi connectivity index (χ1v) is 13.2. The predicted molar refractivity (Wildman–Crippen MR) is 131 cm³/mol. The number of hydrogen-bond acceptors (Lipinski definition) is 6. The van der Waals surface area contributed by atoms with E-state index in [2.05, 4.69) is 10.3 Å². The highest BCUT2D eigenvalue weighted by Gasteiger charge is 2.35. The lowest BCUT2D eigenvalue weighted by Gasteiger charge is -2.36. The van der Waals surface area contributed by atoms with Gasteiger partial charge in [-0.1, -0.05) is 36.6 Å². The second kappa shape index (κ2) is 9.46. The van der Waals surface area contributed by atoms with Crippen LogP contribution in [-0.2, 0) is 10.0 Å². The highest BCUT2D eigenvalue weighted by molar-refractivity contribution is 7.89. The van der Waals surface area contributed by atoms with Crippen molar-refractivity contribution in [3.63, 3.8) is 0 Å². The SMILES string of the molecule is Cc1ccc(-c2ccc(=O)n(-c3c(C)noc3C)n2)cc1S(=O)(=O)N(C(C)C)C1CCCCC1. The monoisotopic (exact) mass is 484 g/mol. The second-order valence-corrected chi connectivity index (χ2v) is 11.2. The fourth-order valence-electron chi connectivity index (χ4n) is 4.89. The predicted octanol–water partition coefficient (Wildman–Crippen LogP) is 4.54. The summed E-state index contributed by atoms with van der Waals surface area (Å²) < 4.78 is 36.0. The maximum atomic E-state index is 13.9. The van der Waals surface area contributed by atoms with Crippen molar-refractivity contribution in [2.75, 3.05) is 0 Å². The maximum absolute atomic E-state index is 13.9. The number of nitrogens with zero attached hydrogens (tertiary/aromatic N) is 4. The number of hydrogen-bond donors (Lipinski definition) is 0. The molecule has 1 saturated carbocycles. The van der Waals surface area contributed by atoms with Gasteiger partial charge in [-0.2, -0.15) is 14.1 Å². The summed E-state index contributed by atoms with van der Waals surface area (Å²) in [5.74, 6) is 0.483. The molecule has 0 bridgehead atoms. The first-order valence-electron chi connectivity index (χ1n) is 11.8. The quantitative estimate of drug-likeness (QED) is 0.509. The molecule has 0 aliphatic heterocycles. The molecule has 3 aromatic rings. The van der Waals surface area contributed by atoms with Crippen LogP contribution in [0.1, 0.15) is 63.0 Å². The van der Waals surface area contributed by atoms with E-state index in [9.17, 15) is 13.2 Å². The Morgan fingerprint density at radius 1 is 1.06 bits per heavy atom. The summed E-state index contributed by atoms with van der Waals surface area (Å²) in [4.78, 5) is 12.8. The smallest absolute Gasteiger partial charge is 0.271 e. The molecule has 0 N–H and O–H groups in total. The van der Waals surface area contributed by atoms with Crippen LogP contribution in [0.5, 0.6) is 0 Å². The van der Waals surface area contributed by atoms with Gasteiger partial charge in [0.25, 0.3) is 5.56 Å². The fourth-order valence-corrected chi connectivity index (χ4v) is 7.02. The summed E-state index contributed by atoms with van der Waals surface area (Å²) in [7, 11) is -3.72. The standard InChI is InChI=1S/C25H32N4O4S/c1-16(2)29(21-9-7-6-8-10-21)34(31,32)23-15-20(12-11-17(23)3)22-13-14-24(30)28(26-22)25-18(4)27-33-19(25)5/h11-16,21H,6-10H2,1-5H3. The molecule has 8 nitrogen and oxygen atoms in total. The van der Waals surface area contributed by atoms with Crippen molar-refractivity contribution in [1.29, 1.82) is 0 Å². The molecule has 1 aliphatic carbocycles. The zero-order valence-corrected chi connectivity index (χ0v) is 21.2. The summed E-state index contributed by atoms with van der Waals surface area (Å²) in [5, 5.41) is 8.44. The van der Waals surface area contributed by atoms with Gasteiger partial charge < -0.3 is 4.52 Å². The van der Waals surface area contributed by atoms with Crippen molar-refractivity contribution in [1.82, 2.24) is 19.2 Å². The molecular weight excluding hydrogens is 452 g/mol. The second-order valence-electron chi connectivity index (χ2n) is 9.34. The van der Waals surface area contributed by atoms with Gasteiger partial charge in [0.05, 0.1) is 10.6 Å². The van der Waals surface area contributed by atoms with E-state index < -0.39 is 10.0 Å². The fraction of sp³-hybridized carbons (Fsp3) is 0.480. The molecule has 9 heteroatoms. The Labute approximate surface area is 200 Å². The van der Waals surface area contributed by atoms with Crippen LogP contribution in [-0.4, -0.2) is 39.7 Å². The minimum absolute atomic E-state index is 0.0152. The van der Waals surface area contributed by atoms with E-state index in [4.69, 9.17) is 4.52 Å². The topological polar surface area (TPSA) is 98.3 Å². The third-order valence-corrected chi connectivity index (χ3v) is 8.76. The Kier molecular flexibility index (Phi) is 6.78. The van der Waals surface area contributed by atoms with Crippen LogP contribution >= 0.6 is 0 Å². The minimum atomic E-state index is -3.72. The Morgan fingerprint density at radius 2 is 1.76 bits per heavy atom. The van der Waals surface area contributed by atoms with Crippen molar-refractivity contribution < 1.29 is 12.9 Å².